The molecule has 0 bridgehead atoms. The fraction of sp³-hybridized carbons (Fsp3) is 0.182. The molecule has 0 aliphatic rings. The van der Waals surface area contributed by atoms with Crippen LogP contribution in [0.25, 0.3) is 21.7 Å². The summed E-state index contributed by atoms with van der Waals surface area (Å²) in [5.41, 5.74) is 3.25. The molecule has 2 aromatic carbocycles. The van der Waals surface area contributed by atoms with Crippen molar-refractivity contribution in [2.24, 2.45) is 0 Å². The van der Waals surface area contributed by atoms with Gasteiger partial charge in [0.25, 0.3) is 0 Å². The van der Waals surface area contributed by atoms with Gasteiger partial charge in [0.05, 0.1) is 19.7 Å². The third-order valence-corrected chi connectivity index (χ3v) is 4.80. The molecule has 0 aliphatic carbocycles. The van der Waals surface area contributed by atoms with Crippen LogP contribution in [0.1, 0.15) is 17.0 Å². The number of aromatic hydroxyl groups is 1. The Morgan fingerprint density at radius 2 is 1.57 bits per heavy atom. The monoisotopic (exact) mass is 396 g/mol. The van der Waals surface area contributed by atoms with Crippen molar-refractivity contribution in [3.05, 3.63) is 65.5 Å². The molecule has 0 spiro atoms. The van der Waals surface area contributed by atoms with E-state index in [4.69, 9.17) is 14.5 Å². The lowest BCUT2D eigenvalue weighted by Crippen LogP contribution is -1.99. The number of benzene rings is 2. The van der Waals surface area contributed by atoms with Crippen LogP contribution in [0.4, 0.5) is 0 Å². The van der Waals surface area contributed by atoms with Crippen molar-refractivity contribution in [2.45, 2.75) is 13.3 Å². The Kier molecular flexibility index (Phi) is 5.56. The fourth-order valence-corrected chi connectivity index (χ4v) is 3.40. The second-order valence-electron chi connectivity index (χ2n) is 6.42. The van der Waals surface area contributed by atoms with Gasteiger partial charge >= 0.3 is 0 Å². The first-order valence-corrected chi connectivity index (χ1v) is 8.69. The molecule has 1 N–H and O–H groups in total. The van der Waals surface area contributed by atoms with Crippen LogP contribution in [-0.4, -0.2) is 29.3 Å². The predicted molar refractivity (Wildman–Crippen MR) is 113 cm³/mol. The molecule has 0 amide bonds. The van der Waals surface area contributed by atoms with Gasteiger partial charge in [-0.25, -0.2) is 4.98 Å². The van der Waals surface area contributed by atoms with Crippen LogP contribution in [0.2, 0.25) is 0 Å². The molecule has 2 aromatic heterocycles. The molecule has 0 aliphatic heterocycles. The molecule has 4 aromatic rings. The number of hydrogen-bond acceptors (Lipinski definition) is 5. The highest BCUT2D eigenvalue weighted by Crippen LogP contribution is 2.37. The highest BCUT2D eigenvalue weighted by atomic mass is 35.5. The number of aryl methyl sites for hydroxylation is 1. The minimum atomic E-state index is 0. The van der Waals surface area contributed by atoms with Crippen LogP contribution in [0, 0.1) is 6.92 Å². The van der Waals surface area contributed by atoms with Crippen molar-refractivity contribution in [2.75, 3.05) is 14.2 Å². The third kappa shape index (κ3) is 3.41. The molecule has 0 radical (unpaired) electrons. The van der Waals surface area contributed by atoms with Gasteiger partial charge in [-0.2, -0.15) is 0 Å². The second kappa shape index (κ2) is 7.90. The summed E-state index contributed by atoms with van der Waals surface area (Å²) in [4.78, 5) is 9.04. The number of methoxy groups -OCH3 is 2. The molecule has 144 valence electrons. The van der Waals surface area contributed by atoms with Gasteiger partial charge < -0.3 is 14.6 Å². The zero-order chi connectivity index (χ0) is 19.0. The van der Waals surface area contributed by atoms with Gasteiger partial charge in [-0.15, -0.1) is 12.4 Å². The summed E-state index contributed by atoms with van der Waals surface area (Å²) in [5, 5.41) is 13.4. The Balaban J connectivity index is 0.00000225. The first kappa shape index (κ1) is 19.7. The summed E-state index contributed by atoms with van der Waals surface area (Å²) in [6.07, 6.45) is 0.468. The molecule has 0 fully saturated rings. The van der Waals surface area contributed by atoms with E-state index in [9.17, 15) is 5.11 Å². The van der Waals surface area contributed by atoms with E-state index in [2.05, 4.69) is 4.98 Å². The highest BCUT2D eigenvalue weighted by molar-refractivity contribution is 5.92. The van der Waals surface area contributed by atoms with Gasteiger partial charge in [-0.3, -0.25) is 4.98 Å². The molecule has 0 saturated carbocycles. The maximum atomic E-state index is 10.5. The zero-order valence-electron chi connectivity index (χ0n) is 15.9. The largest absolute Gasteiger partial charge is 0.493 e. The van der Waals surface area contributed by atoms with Crippen molar-refractivity contribution in [1.82, 2.24) is 9.97 Å². The molecule has 2 heterocycles. The number of rotatable bonds is 4. The average Bonchev–Trinajstić information content (AvgIpc) is 2.70. The van der Waals surface area contributed by atoms with Crippen LogP contribution in [0.15, 0.2) is 48.5 Å². The van der Waals surface area contributed by atoms with Crippen molar-refractivity contribution in [1.29, 1.82) is 0 Å². The van der Waals surface area contributed by atoms with E-state index in [1.165, 1.54) is 0 Å². The molecule has 0 unspecified atom stereocenters. The van der Waals surface area contributed by atoms with E-state index < -0.39 is 0 Å². The van der Waals surface area contributed by atoms with Crippen LogP contribution in [0.5, 0.6) is 17.4 Å². The zero-order valence-corrected chi connectivity index (χ0v) is 16.7. The summed E-state index contributed by atoms with van der Waals surface area (Å²) in [6.45, 7) is 1.87. The van der Waals surface area contributed by atoms with Gasteiger partial charge in [0.15, 0.2) is 11.5 Å². The van der Waals surface area contributed by atoms with E-state index in [1.54, 1.807) is 14.2 Å². The molecular weight excluding hydrogens is 376 g/mol. The van der Waals surface area contributed by atoms with Crippen molar-refractivity contribution in [3.63, 3.8) is 0 Å². The van der Waals surface area contributed by atoms with Crippen molar-refractivity contribution >= 4 is 34.1 Å². The van der Waals surface area contributed by atoms with Crippen molar-refractivity contribution < 1.29 is 14.6 Å². The van der Waals surface area contributed by atoms with Crippen LogP contribution < -0.4 is 9.47 Å². The molecule has 6 heteroatoms. The van der Waals surface area contributed by atoms with Gasteiger partial charge in [-0.1, -0.05) is 24.3 Å². The Morgan fingerprint density at radius 1 is 0.893 bits per heavy atom. The molecule has 4 rings (SSSR count). The van der Waals surface area contributed by atoms with Crippen LogP contribution in [-0.2, 0) is 6.42 Å². The summed E-state index contributed by atoms with van der Waals surface area (Å²) in [7, 11) is 3.20. The quantitative estimate of drug-likeness (QED) is 0.535. The first-order chi connectivity index (χ1) is 13.1. The summed E-state index contributed by atoms with van der Waals surface area (Å²) in [6, 6.07) is 15.8. The Bertz CT molecular complexity index is 1160. The number of hydrogen-bond donors (Lipinski definition) is 1. The lowest BCUT2D eigenvalue weighted by molar-refractivity contribution is 0.355. The Morgan fingerprint density at radius 3 is 2.29 bits per heavy atom. The van der Waals surface area contributed by atoms with Gasteiger partial charge in [0.2, 0.25) is 5.88 Å². The number of aromatic nitrogens is 2. The van der Waals surface area contributed by atoms with E-state index in [0.29, 0.717) is 17.9 Å². The SMILES string of the molecule is COc1cc2c(C)nc(O)c(Cc3ccc4ccccc4n3)c2cc1OC.Cl. The molecular formula is C22H21ClN2O3. The number of pyridine rings is 2. The summed E-state index contributed by atoms with van der Waals surface area (Å²) in [5.74, 6) is 1.26. The fourth-order valence-electron chi connectivity index (χ4n) is 3.40. The molecule has 5 nitrogen and oxygen atoms in total. The molecule has 0 saturated heterocycles. The second-order valence-corrected chi connectivity index (χ2v) is 6.42. The van der Waals surface area contributed by atoms with Gasteiger partial charge in [0.1, 0.15) is 0 Å². The van der Waals surface area contributed by atoms with E-state index in [-0.39, 0.29) is 18.3 Å². The van der Waals surface area contributed by atoms with Gasteiger partial charge in [-0.05, 0) is 36.6 Å². The van der Waals surface area contributed by atoms with E-state index in [1.807, 2.05) is 55.5 Å². The smallest absolute Gasteiger partial charge is 0.215 e. The number of para-hydroxylation sites is 1. The molecule has 0 atom stereocenters. The lowest BCUT2D eigenvalue weighted by Gasteiger charge is -2.14. The van der Waals surface area contributed by atoms with Gasteiger partial charge in [0, 0.05) is 34.1 Å². The van der Waals surface area contributed by atoms with Crippen molar-refractivity contribution in [3.8, 4) is 17.4 Å². The number of halogens is 1. The molecule has 28 heavy (non-hydrogen) atoms. The first-order valence-electron chi connectivity index (χ1n) is 8.69. The van der Waals surface area contributed by atoms with E-state index >= 15 is 0 Å². The maximum Gasteiger partial charge on any atom is 0.215 e. The standard InChI is InChI=1S/C22H20N2O3.ClH/c1-13-16-11-20(26-2)21(27-3)12-17(16)18(22(25)23-13)10-15-9-8-14-6-4-5-7-19(14)24-15;/h4-9,11-12H,10H2,1-3H3,(H,23,25);1H. The highest BCUT2D eigenvalue weighted by Gasteiger charge is 2.16. The topological polar surface area (TPSA) is 64.5 Å². The minimum Gasteiger partial charge on any atom is -0.493 e. The van der Waals surface area contributed by atoms with E-state index in [0.717, 1.165) is 38.6 Å². The number of ether oxygens (including phenoxy) is 2. The Labute approximate surface area is 169 Å². The predicted octanol–water partition coefficient (Wildman–Crippen LogP) is 4.83. The summed E-state index contributed by atoms with van der Waals surface area (Å²) < 4.78 is 10.9. The normalized spacial score (nSPS) is 10.7. The minimum absolute atomic E-state index is 0. The Hall–Kier alpha value is -3.05. The lowest BCUT2D eigenvalue weighted by atomic mass is 9.99. The maximum absolute atomic E-state index is 10.5. The third-order valence-electron chi connectivity index (χ3n) is 4.80. The number of nitrogens with zero attached hydrogens (tertiary/aromatic N) is 2. The van der Waals surface area contributed by atoms with Crippen LogP contribution >= 0.6 is 12.4 Å². The average molecular weight is 397 g/mol. The van der Waals surface area contributed by atoms with Crippen LogP contribution in [0.3, 0.4) is 0 Å². The number of fused-ring (bicyclic) bond motifs is 2. The summed E-state index contributed by atoms with van der Waals surface area (Å²) >= 11 is 0.